The number of aromatic nitrogens is 2. The van der Waals surface area contributed by atoms with E-state index in [1.165, 1.54) is 0 Å². The largest absolute Gasteiger partial charge is 0.472 e. The smallest absolute Gasteiger partial charge is 0.219 e. The molecule has 0 amide bonds. The van der Waals surface area contributed by atoms with E-state index in [0.29, 0.717) is 5.88 Å². The standard InChI is InChI=1S/C12H21N3O/c1-6-7-13-10-8-11(15-9(2)14-10)16-12(3,4)5/h8H,6-7H2,1-5H3,(H,13,14,15). The molecule has 0 aromatic carbocycles. The summed E-state index contributed by atoms with van der Waals surface area (Å²) in [6.07, 6.45) is 1.07. The molecule has 4 heteroatoms. The summed E-state index contributed by atoms with van der Waals surface area (Å²) in [6, 6.07) is 1.84. The fraction of sp³-hybridized carbons (Fsp3) is 0.667. The van der Waals surface area contributed by atoms with E-state index < -0.39 is 0 Å². The Morgan fingerprint density at radius 3 is 2.56 bits per heavy atom. The van der Waals surface area contributed by atoms with Crippen molar-refractivity contribution >= 4 is 5.82 Å². The Kier molecular flexibility index (Phi) is 4.10. The van der Waals surface area contributed by atoms with Crippen molar-refractivity contribution in [3.05, 3.63) is 11.9 Å². The van der Waals surface area contributed by atoms with Gasteiger partial charge in [-0.05, 0) is 34.1 Å². The summed E-state index contributed by atoms with van der Waals surface area (Å²) in [5, 5.41) is 3.23. The molecule has 1 N–H and O–H groups in total. The lowest BCUT2D eigenvalue weighted by atomic mass is 10.2. The van der Waals surface area contributed by atoms with Gasteiger partial charge in [0, 0.05) is 12.6 Å². The van der Waals surface area contributed by atoms with Crippen LogP contribution in [-0.4, -0.2) is 22.1 Å². The number of nitrogens with one attached hydrogen (secondary N) is 1. The predicted octanol–water partition coefficient (Wildman–Crippen LogP) is 2.78. The van der Waals surface area contributed by atoms with Gasteiger partial charge in [0.25, 0.3) is 0 Å². The molecule has 1 heterocycles. The molecule has 1 aromatic heterocycles. The van der Waals surface area contributed by atoms with Crippen molar-refractivity contribution in [3.63, 3.8) is 0 Å². The highest BCUT2D eigenvalue weighted by Gasteiger charge is 2.13. The van der Waals surface area contributed by atoms with Gasteiger partial charge in [-0.15, -0.1) is 0 Å². The summed E-state index contributed by atoms with van der Waals surface area (Å²) < 4.78 is 5.71. The second-order valence-corrected chi connectivity index (χ2v) is 4.78. The Bertz CT molecular complexity index is 345. The first kappa shape index (κ1) is 12.7. The monoisotopic (exact) mass is 223 g/mol. The Balaban J connectivity index is 2.81. The van der Waals surface area contributed by atoms with Crippen molar-refractivity contribution in [1.82, 2.24) is 9.97 Å². The molecule has 1 aromatic rings. The zero-order chi connectivity index (χ0) is 12.2. The first-order valence-corrected chi connectivity index (χ1v) is 5.69. The third kappa shape index (κ3) is 4.47. The van der Waals surface area contributed by atoms with Gasteiger partial charge >= 0.3 is 0 Å². The van der Waals surface area contributed by atoms with E-state index in [1.807, 2.05) is 33.8 Å². The molecule has 0 spiro atoms. The Morgan fingerprint density at radius 1 is 1.31 bits per heavy atom. The minimum Gasteiger partial charge on any atom is -0.472 e. The van der Waals surface area contributed by atoms with Crippen LogP contribution >= 0.6 is 0 Å². The zero-order valence-corrected chi connectivity index (χ0v) is 10.8. The van der Waals surface area contributed by atoms with Gasteiger partial charge in [-0.1, -0.05) is 6.92 Å². The summed E-state index contributed by atoms with van der Waals surface area (Å²) in [5.74, 6) is 2.17. The van der Waals surface area contributed by atoms with Crippen LogP contribution in [0.4, 0.5) is 5.82 Å². The predicted molar refractivity (Wildman–Crippen MR) is 65.9 cm³/mol. The number of hydrogen-bond acceptors (Lipinski definition) is 4. The van der Waals surface area contributed by atoms with Gasteiger partial charge in [0.2, 0.25) is 5.88 Å². The lowest BCUT2D eigenvalue weighted by Gasteiger charge is -2.20. The van der Waals surface area contributed by atoms with Crippen LogP contribution in [0.3, 0.4) is 0 Å². The molecule has 90 valence electrons. The number of hydrogen-bond donors (Lipinski definition) is 1. The van der Waals surface area contributed by atoms with Crippen LogP contribution in [0.2, 0.25) is 0 Å². The van der Waals surface area contributed by atoms with Crippen LogP contribution in [0.1, 0.15) is 39.9 Å². The van der Waals surface area contributed by atoms with E-state index in [4.69, 9.17) is 4.74 Å². The van der Waals surface area contributed by atoms with Crippen LogP contribution in [-0.2, 0) is 0 Å². The molecule has 0 saturated heterocycles. The molecule has 0 fully saturated rings. The lowest BCUT2D eigenvalue weighted by molar-refractivity contribution is 0.124. The minimum absolute atomic E-state index is 0.233. The Labute approximate surface area is 97.5 Å². The van der Waals surface area contributed by atoms with Crippen molar-refractivity contribution in [2.45, 2.75) is 46.6 Å². The Morgan fingerprint density at radius 2 is 2.00 bits per heavy atom. The van der Waals surface area contributed by atoms with Crippen LogP contribution in [0.5, 0.6) is 5.88 Å². The van der Waals surface area contributed by atoms with Crippen molar-refractivity contribution in [3.8, 4) is 5.88 Å². The van der Waals surface area contributed by atoms with Crippen molar-refractivity contribution in [2.24, 2.45) is 0 Å². The molecule has 0 saturated carbocycles. The highest BCUT2D eigenvalue weighted by atomic mass is 16.5. The second kappa shape index (κ2) is 5.14. The molecule has 16 heavy (non-hydrogen) atoms. The molecule has 0 aliphatic rings. The second-order valence-electron chi connectivity index (χ2n) is 4.78. The topological polar surface area (TPSA) is 47.0 Å². The van der Waals surface area contributed by atoms with Crippen LogP contribution < -0.4 is 10.1 Å². The maximum Gasteiger partial charge on any atom is 0.219 e. The summed E-state index contributed by atoms with van der Waals surface area (Å²) in [5.41, 5.74) is -0.233. The van der Waals surface area contributed by atoms with E-state index in [-0.39, 0.29) is 5.60 Å². The van der Waals surface area contributed by atoms with Gasteiger partial charge in [-0.3, -0.25) is 0 Å². The average Bonchev–Trinajstić information content (AvgIpc) is 2.10. The van der Waals surface area contributed by atoms with E-state index in [2.05, 4.69) is 22.2 Å². The average molecular weight is 223 g/mol. The van der Waals surface area contributed by atoms with Gasteiger partial charge in [0.05, 0.1) is 0 Å². The number of nitrogens with zero attached hydrogens (tertiary/aromatic N) is 2. The fourth-order valence-corrected chi connectivity index (χ4v) is 1.25. The summed E-state index contributed by atoms with van der Waals surface area (Å²) in [4.78, 5) is 8.55. The maximum absolute atomic E-state index is 5.71. The SMILES string of the molecule is CCCNc1cc(OC(C)(C)C)nc(C)n1. The molecule has 0 bridgehead atoms. The lowest BCUT2D eigenvalue weighted by Crippen LogP contribution is -2.24. The van der Waals surface area contributed by atoms with E-state index in [1.54, 1.807) is 0 Å². The highest BCUT2D eigenvalue weighted by Crippen LogP contribution is 2.18. The van der Waals surface area contributed by atoms with Gasteiger partial charge in [0.15, 0.2) is 0 Å². The fourth-order valence-electron chi connectivity index (χ4n) is 1.25. The molecule has 4 nitrogen and oxygen atoms in total. The molecule has 1 rings (SSSR count). The molecule has 0 atom stereocenters. The Hall–Kier alpha value is -1.32. The van der Waals surface area contributed by atoms with Gasteiger partial charge in [-0.25, -0.2) is 4.98 Å². The summed E-state index contributed by atoms with van der Waals surface area (Å²) >= 11 is 0. The van der Waals surface area contributed by atoms with Crippen molar-refractivity contribution in [1.29, 1.82) is 0 Å². The van der Waals surface area contributed by atoms with Gasteiger partial charge < -0.3 is 10.1 Å². The quantitative estimate of drug-likeness (QED) is 0.852. The first-order valence-electron chi connectivity index (χ1n) is 5.69. The number of ether oxygens (including phenoxy) is 1. The third-order valence-corrected chi connectivity index (χ3v) is 1.78. The van der Waals surface area contributed by atoms with Gasteiger partial charge in [-0.2, -0.15) is 4.98 Å². The molecular weight excluding hydrogens is 202 g/mol. The van der Waals surface area contributed by atoms with Crippen LogP contribution in [0, 0.1) is 6.92 Å². The zero-order valence-electron chi connectivity index (χ0n) is 10.8. The molecule has 0 aliphatic carbocycles. The van der Waals surface area contributed by atoms with Crippen LogP contribution in [0.25, 0.3) is 0 Å². The molecular formula is C12H21N3O. The van der Waals surface area contributed by atoms with E-state index in [0.717, 1.165) is 24.6 Å². The normalized spacial score (nSPS) is 11.3. The third-order valence-electron chi connectivity index (χ3n) is 1.78. The minimum atomic E-state index is -0.233. The number of anilines is 1. The van der Waals surface area contributed by atoms with Crippen molar-refractivity contribution < 1.29 is 4.74 Å². The highest BCUT2D eigenvalue weighted by molar-refractivity contribution is 5.38. The number of aryl methyl sites for hydroxylation is 1. The molecule has 0 radical (unpaired) electrons. The summed E-state index contributed by atoms with van der Waals surface area (Å²) in [7, 11) is 0. The van der Waals surface area contributed by atoms with Gasteiger partial charge in [0.1, 0.15) is 17.2 Å². The summed E-state index contributed by atoms with van der Waals surface area (Å²) in [6.45, 7) is 10.9. The first-order chi connectivity index (χ1) is 7.40. The molecule has 0 unspecified atom stereocenters. The van der Waals surface area contributed by atoms with Crippen LogP contribution in [0.15, 0.2) is 6.07 Å². The van der Waals surface area contributed by atoms with E-state index in [9.17, 15) is 0 Å². The van der Waals surface area contributed by atoms with E-state index >= 15 is 0 Å². The molecule has 0 aliphatic heterocycles. The number of rotatable bonds is 4. The van der Waals surface area contributed by atoms with Crippen molar-refractivity contribution in [2.75, 3.05) is 11.9 Å². The maximum atomic E-state index is 5.71.